The Bertz CT molecular complexity index is 326. The van der Waals surface area contributed by atoms with Crippen molar-refractivity contribution >= 4 is 33.3 Å². The topological polar surface area (TPSA) is 102 Å². The fraction of sp³-hybridized carbons (Fsp3) is 0.400. The van der Waals surface area contributed by atoms with E-state index >= 15 is 0 Å². The van der Waals surface area contributed by atoms with Crippen molar-refractivity contribution in [3.8, 4) is 0 Å². The molecule has 0 bridgehead atoms. The van der Waals surface area contributed by atoms with Crippen LogP contribution in [0.3, 0.4) is 0 Å². The van der Waals surface area contributed by atoms with Crippen LogP contribution in [-0.4, -0.2) is 21.6 Å². The van der Waals surface area contributed by atoms with Crippen molar-refractivity contribution in [3.05, 3.63) is 5.82 Å². The van der Waals surface area contributed by atoms with Crippen LogP contribution in [0.2, 0.25) is 0 Å². The van der Waals surface area contributed by atoms with E-state index in [2.05, 4.69) is 9.36 Å². The van der Waals surface area contributed by atoms with Gasteiger partial charge in [0.1, 0.15) is 0 Å². The third-order valence-electron chi connectivity index (χ3n) is 1.26. The number of nitrogens with two attached hydrogens (primary N) is 1. The average Bonchev–Trinajstić information content (AvgIpc) is 2.53. The average molecular weight is 220 g/mol. The van der Waals surface area contributed by atoms with E-state index in [4.69, 9.17) is 15.3 Å². The Balaban J connectivity index is 2.90. The van der Waals surface area contributed by atoms with Gasteiger partial charge in [-0.3, -0.25) is 9.57 Å². The number of nitrogens with zero attached hydrogens (tertiary/aromatic N) is 2. The number of nitrogen functional groups attached to an aromatic ring is 1. The van der Waals surface area contributed by atoms with E-state index in [0.717, 1.165) is 11.5 Å². The summed E-state index contributed by atoms with van der Waals surface area (Å²) in [6, 6.07) is 0. The van der Waals surface area contributed by atoms with Gasteiger partial charge in [-0.15, -0.1) is 0 Å². The Kier molecular flexibility index (Phi) is 3.46. The second kappa shape index (κ2) is 4.40. The molecule has 1 aromatic rings. The number of methoxy groups -OCH3 is 1. The highest BCUT2D eigenvalue weighted by molar-refractivity contribution is 7.84. The van der Waals surface area contributed by atoms with Gasteiger partial charge in [-0.25, -0.2) is 4.98 Å². The lowest BCUT2D eigenvalue weighted by atomic mass is 10.4. The molecule has 0 saturated carbocycles. The molecule has 13 heavy (non-hydrogen) atoms. The maximum absolute atomic E-state index is 11.1. The van der Waals surface area contributed by atoms with E-state index in [0.29, 0.717) is 0 Å². The van der Waals surface area contributed by atoms with Crippen molar-refractivity contribution in [2.45, 2.75) is 6.10 Å². The highest BCUT2D eigenvalue weighted by Gasteiger charge is 2.22. The first-order chi connectivity index (χ1) is 6.19. The highest BCUT2D eigenvalue weighted by Crippen LogP contribution is 2.17. The molecule has 0 radical (unpaired) electrons. The number of thiol groups is 1. The number of hydrogen-bond acceptors (Lipinski definition) is 7. The summed E-state index contributed by atoms with van der Waals surface area (Å²) in [6.07, 6.45) is -0.868. The van der Waals surface area contributed by atoms with Crippen LogP contribution in [0.1, 0.15) is 11.9 Å². The molecule has 0 aromatic carbocycles. The summed E-state index contributed by atoms with van der Waals surface area (Å²) in [6.45, 7) is 0. The predicted octanol–water partition coefficient (Wildman–Crippen LogP) is -0.0883. The van der Waals surface area contributed by atoms with Crippen LogP contribution < -0.4 is 5.73 Å². The first-order valence-corrected chi connectivity index (χ1v) is 4.89. The van der Waals surface area contributed by atoms with Crippen LogP contribution in [0.25, 0.3) is 0 Å². The molecule has 0 saturated heterocycles. The van der Waals surface area contributed by atoms with Gasteiger partial charge in [0.15, 0.2) is 17.1 Å². The largest absolute Gasteiger partial charge is 0.374 e. The third-order valence-corrected chi connectivity index (χ3v) is 2.27. The highest BCUT2D eigenvalue weighted by atomic mass is 32.1. The lowest BCUT2D eigenvalue weighted by Crippen LogP contribution is -2.14. The lowest BCUT2D eigenvalue weighted by Gasteiger charge is -2.05. The fourth-order valence-corrected chi connectivity index (χ4v) is 1.53. The fourth-order valence-electron chi connectivity index (χ4n) is 0.729. The van der Waals surface area contributed by atoms with Crippen LogP contribution in [0.15, 0.2) is 0 Å². The number of carbonyl (C=O) groups is 1. The molecule has 0 amide bonds. The quantitative estimate of drug-likeness (QED) is 0.618. The first-order valence-electron chi connectivity index (χ1n) is 3.22. The van der Waals surface area contributed by atoms with E-state index in [9.17, 15) is 4.79 Å². The van der Waals surface area contributed by atoms with Crippen LogP contribution in [0.4, 0.5) is 5.13 Å². The number of anilines is 1. The molecule has 72 valence electrons. The summed E-state index contributed by atoms with van der Waals surface area (Å²) in [5.74, 6) is 0.231. The summed E-state index contributed by atoms with van der Waals surface area (Å²) in [5, 5.41) is -0.119. The van der Waals surface area contributed by atoms with Gasteiger partial charge in [-0.05, 0) is 11.6 Å². The minimum absolute atomic E-state index is 0.123. The molecule has 1 unspecified atom stereocenters. The zero-order chi connectivity index (χ0) is 9.84. The minimum atomic E-state index is -0.868. The van der Waals surface area contributed by atoms with Crippen LogP contribution in [0.5, 0.6) is 0 Å². The van der Waals surface area contributed by atoms with Gasteiger partial charge in [0.2, 0.25) is 5.12 Å². The molecular weight excluding hydrogens is 212 g/mol. The smallest absolute Gasteiger partial charge is 0.233 e. The Morgan fingerprint density at radius 3 is 2.92 bits per heavy atom. The van der Waals surface area contributed by atoms with E-state index in [1.165, 1.54) is 7.11 Å². The summed E-state index contributed by atoms with van der Waals surface area (Å²) in [5.41, 5.74) is 5.34. The molecule has 0 aliphatic rings. The molecule has 0 fully saturated rings. The van der Waals surface area contributed by atoms with Crippen molar-refractivity contribution in [3.63, 3.8) is 0 Å². The predicted molar refractivity (Wildman–Crippen MR) is 50.6 cm³/mol. The molecule has 1 rings (SSSR count). The number of rotatable bonds is 3. The maximum Gasteiger partial charge on any atom is 0.233 e. The van der Waals surface area contributed by atoms with E-state index in [-0.39, 0.29) is 22.5 Å². The summed E-state index contributed by atoms with van der Waals surface area (Å²) >= 11 is 0.874. The van der Waals surface area contributed by atoms with Crippen LogP contribution in [-0.2, 0) is 21.1 Å². The minimum Gasteiger partial charge on any atom is -0.374 e. The zero-order valence-corrected chi connectivity index (χ0v) is 8.43. The Labute approximate surface area is 82.2 Å². The Hall–Kier alpha value is -0.860. The summed E-state index contributed by atoms with van der Waals surface area (Å²) < 4.78 is 15.5. The van der Waals surface area contributed by atoms with Crippen molar-refractivity contribution in [1.29, 1.82) is 4.78 Å². The van der Waals surface area contributed by atoms with Crippen molar-refractivity contribution in [2.75, 3.05) is 12.8 Å². The Morgan fingerprint density at radius 1 is 1.85 bits per heavy atom. The van der Waals surface area contributed by atoms with Crippen LogP contribution >= 0.6 is 11.5 Å². The van der Waals surface area contributed by atoms with Gasteiger partial charge in [-0.2, -0.15) is 4.37 Å². The van der Waals surface area contributed by atoms with Gasteiger partial charge < -0.3 is 10.5 Å². The van der Waals surface area contributed by atoms with Crippen LogP contribution in [0, 0.1) is 4.78 Å². The van der Waals surface area contributed by atoms with E-state index in [1.807, 2.05) is 0 Å². The van der Waals surface area contributed by atoms with Gasteiger partial charge in [0.25, 0.3) is 0 Å². The summed E-state index contributed by atoms with van der Waals surface area (Å²) in [4.78, 5) is 14.9. The van der Waals surface area contributed by atoms with Gasteiger partial charge >= 0.3 is 0 Å². The maximum atomic E-state index is 11.1. The molecular formula is C5H8N4O2S2. The Morgan fingerprint density at radius 2 is 2.54 bits per heavy atom. The SMILES string of the molecule is COC(C(=O)[SH]=N)c1nsc(N)n1. The lowest BCUT2D eigenvalue weighted by molar-refractivity contribution is -0.120. The van der Waals surface area contributed by atoms with Gasteiger partial charge in [-0.1, -0.05) is 0 Å². The molecule has 3 N–H and O–H groups in total. The zero-order valence-electron chi connectivity index (χ0n) is 6.72. The number of carbonyl (C=O) groups excluding carboxylic acids is 1. The normalized spacial score (nSPS) is 12.7. The van der Waals surface area contributed by atoms with E-state index < -0.39 is 11.2 Å². The number of nitrogens with one attached hydrogen (secondary N) is 1. The molecule has 1 aromatic heterocycles. The monoisotopic (exact) mass is 220 g/mol. The molecule has 0 aliphatic heterocycles. The first kappa shape index (κ1) is 10.2. The second-order valence-corrected chi connectivity index (χ2v) is 3.50. The second-order valence-electron chi connectivity index (χ2n) is 2.06. The molecule has 0 aliphatic carbocycles. The third kappa shape index (κ3) is 2.29. The number of aromatic nitrogens is 2. The van der Waals surface area contributed by atoms with Gasteiger partial charge in [0, 0.05) is 18.6 Å². The van der Waals surface area contributed by atoms with Crippen molar-refractivity contribution in [2.24, 2.45) is 0 Å². The van der Waals surface area contributed by atoms with Crippen molar-refractivity contribution < 1.29 is 9.53 Å². The standard InChI is InChI=1S/C5H8N4O2S2/c1-11-2(4(10)12-7)3-8-5(6)13-9-3/h2,7,12H,1H3,(H2,6,8,9). The molecule has 1 atom stereocenters. The molecule has 0 spiro atoms. The van der Waals surface area contributed by atoms with Crippen molar-refractivity contribution in [1.82, 2.24) is 9.36 Å². The number of ether oxygens (including phenoxy) is 1. The molecule has 6 nitrogen and oxygen atoms in total. The van der Waals surface area contributed by atoms with Gasteiger partial charge in [0.05, 0.1) is 0 Å². The molecule has 1 heterocycles. The van der Waals surface area contributed by atoms with E-state index in [1.54, 1.807) is 0 Å². The number of hydrogen-bond donors (Lipinski definition) is 3. The molecule has 8 heteroatoms. The summed E-state index contributed by atoms with van der Waals surface area (Å²) in [7, 11) is 1.37.